The lowest BCUT2D eigenvalue weighted by atomic mass is 10.00. The molecule has 1 aliphatic rings. The third kappa shape index (κ3) is 8.01. The number of benzene rings is 1. The van der Waals surface area contributed by atoms with E-state index in [1.54, 1.807) is 45.8 Å². The van der Waals surface area contributed by atoms with E-state index in [2.05, 4.69) is 5.32 Å². The van der Waals surface area contributed by atoms with Gasteiger partial charge < -0.3 is 29.7 Å². The Balaban J connectivity index is 1.60. The van der Waals surface area contributed by atoms with Crippen LogP contribution in [-0.4, -0.2) is 51.7 Å². The van der Waals surface area contributed by atoms with Crippen molar-refractivity contribution in [1.29, 1.82) is 0 Å². The average Bonchev–Trinajstić information content (AvgIpc) is 3.72. The van der Waals surface area contributed by atoms with Crippen LogP contribution in [0.5, 0.6) is 11.5 Å². The average molecular weight is 600 g/mol. The lowest BCUT2D eigenvalue weighted by Crippen LogP contribution is -2.54. The quantitative estimate of drug-likeness (QED) is 0.226. The molecule has 9 nitrogen and oxygen atoms in total. The molecule has 2 aromatic heterocycles. The van der Waals surface area contributed by atoms with Crippen LogP contribution in [-0.2, 0) is 22.7 Å². The Hall–Kier alpha value is -3.57. The molecule has 2 N–H and O–H groups in total. The van der Waals surface area contributed by atoms with Crippen LogP contribution < -0.4 is 14.8 Å². The van der Waals surface area contributed by atoms with Gasteiger partial charge in [0.2, 0.25) is 12.7 Å². The van der Waals surface area contributed by atoms with Crippen LogP contribution in [0.25, 0.3) is 0 Å². The molecule has 3 aromatic rings. The van der Waals surface area contributed by atoms with Gasteiger partial charge in [0.15, 0.2) is 11.5 Å². The summed E-state index contributed by atoms with van der Waals surface area (Å²) in [6.45, 7) is 6.69. The summed E-state index contributed by atoms with van der Waals surface area (Å²) in [5.74, 6) is -0.112. The van der Waals surface area contributed by atoms with Crippen LogP contribution in [0.1, 0.15) is 67.8 Å². The fourth-order valence-electron chi connectivity index (χ4n) is 4.90. The first-order valence-electron chi connectivity index (χ1n) is 13.8. The normalized spacial score (nSPS) is 13.6. The summed E-state index contributed by atoms with van der Waals surface area (Å²) in [5.41, 5.74) is 0.619. The molecule has 3 amide bonds. The summed E-state index contributed by atoms with van der Waals surface area (Å²) in [6.07, 6.45) is 1.79. The Morgan fingerprint density at radius 1 is 1.00 bits per heavy atom. The minimum Gasteiger partial charge on any atom is -0.481 e. The maximum atomic E-state index is 14.1. The van der Waals surface area contributed by atoms with E-state index >= 15 is 0 Å². The second-order valence-corrected chi connectivity index (χ2v) is 12.3. The molecule has 0 fully saturated rings. The second kappa shape index (κ2) is 14.4. The van der Waals surface area contributed by atoms with Crippen molar-refractivity contribution in [3.8, 4) is 11.5 Å². The maximum absolute atomic E-state index is 14.1. The number of urea groups is 1. The first-order valence-corrected chi connectivity index (χ1v) is 15.6. The number of unbranched alkanes of at least 4 members (excludes halogenated alkanes) is 1. The number of carbonyl (C=O) groups excluding carboxylic acids is 2. The van der Waals surface area contributed by atoms with E-state index < -0.39 is 24.1 Å². The van der Waals surface area contributed by atoms with Crippen molar-refractivity contribution in [2.45, 2.75) is 77.7 Å². The molecule has 0 unspecified atom stereocenters. The Kier molecular flexibility index (Phi) is 10.6. The van der Waals surface area contributed by atoms with Crippen molar-refractivity contribution < 1.29 is 29.0 Å². The van der Waals surface area contributed by atoms with E-state index in [9.17, 15) is 19.5 Å². The van der Waals surface area contributed by atoms with E-state index in [0.29, 0.717) is 36.6 Å². The number of fused-ring (bicyclic) bond motifs is 1. The summed E-state index contributed by atoms with van der Waals surface area (Å²) in [6, 6.07) is 10.8. The third-order valence-electron chi connectivity index (χ3n) is 6.88. The van der Waals surface area contributed by atoms with Crippen LogP contribution >= 0.6 is 22.7 Å². The SMILES string of the molecule is CCCC[C@H](NC(=O)N(C(C)C)[C@@H](CC(=O)O)c1ccc2c(c1)OCO2)C(=O)N(Cc1cccs1)Cc1cccs1. The fourth-order valence-corrected chi connectivity index (χ4v) is 6.34. The van der Waals surface area contributed by atoms with Gasteiger partial charge >= 0.3 is 12.0 Å². The minimum atomic E-state index is -1.04. The van der Waals surface area contributed by atoms with Crippen LogP contribution in [0.4, 0.5) is 4.79 Å². The molecule has 0 radical (unpaired) electrons. The van der Waals surface area contributed by atoms with Crippen molar-refractivity contribution in [3.05, 3.63) is 68.5 Å². The van der Waals surface area contributed by atoms with Crippen molar-refractivity contribution >= 4 is 40.6 Å². The van der Waals surface area contributed by atoms with Crippen LogP contribution in [0.3, 0.4) is 0 Å². The number of ether oxygens (including phenoxy) is 2. The summed E-state index contributed by atoms with van der Waals surface area (Å²) < 4.78 is 10.9. The molecule has 11 heteroatoms. The molecule has 4 rings (SSSR count). The highest BCUT2D eigenvalue weighted by Gasteiger charge is 2.34. The molecule has 1 aliphatic heterocycles. The smallest absolute Gasteiger partial charge is 0.318 e. The van der Waals surface area contributed by atoms with Crippen molar-refractivity contribution in [2.75, 3.05) is 6.79 Å². The Bertz CT molecular complexity index is 1260. The van der Waals surface area contributed by atoms with Gasteiger partial charge in [0.1, 0.15) is 6.04 Å². The highest BCUT2D eigenvalue weighted by molar-refractivity contribution is 7.10. The number of nitrogens with zero attached hydrogens (tertiary/aromatic N) is 2. The monoisotopic (exact) mass is 599 g/mol. The summed E-state index contributed by atoms with van der Waals surface area (Å²) in [5, 5.41) is 16.8. The third-order valence-corrected chi connectivity index (χ3v) is 8.61. The molecule has 0 bridgehead atoms. The maximum Gasteiger partial charge on any atom is 0.318 e. The number of amides is 3. The van der Waals surface area contributed by atoms with Gasteiger partial charge in [0.05, 0.1) is 25.6 Å². The molecule has 41 heavy (non-hydrogen) atoms. The van der Waals surface area contributed by atoms with Crippen LogP contribution in [0.15, 0.2) is 53.2 Å². The van der Waals surface area contributed by atoms with E-state index in [4.69, 9.17) is 9.47 Å². The number of carbonyl (C=O) groups is 3. The first kappa shape index (κ1) is 30.4. The summed E-state index contributed by atoms with van der Waals surface area (Å²) in [7, 11) is 0. The highest BCUT2D eigenvalue weighted by Crippen LogP contribution is 2.37. The Morgan fingerprint density at radius 2 is 1.66 bits per heavy atom. The van der Waals surface area contributed by atoms with Gasteiger partial charge in [-0.05, 0) is 60.9 Å². The van der Waals surface area contributed by atoms with Gasteiger partial charge in [-0.2, -0.15) is 0 Å². The molecular formula is C30H37N3O6S2. The van der Waals surface area contributed by atoms with Gasteiger partial charge in [0.25, 0.3) is 0 Å². The zero-order valence-corrected chi connectivity index (χ0v) is 25.2. The molecule has 2 atom stereocenters. The molecule has 0 saturated carbocycles. The van der Waals surface area contributed by atoms with E-state index in [0.717, 1.165) is 22.6 Å². The van der Waals surface area contributed by atoms with Gasteiger partial charge in [-0.25, -0.2) is 4.79 Å². The summed E-state index contributed by atoms with van der Waals surface area (Å²) >= 11 is 3.18. The van der Waals surface area contributed by atoms with Gasteiger partial charge in [-0.3, -0.25) is 9.59 Å². The number of carboxylic acids is 1. The first-order chi connectivity index (χ1) is 19.8. The number of thiophene rings is 2. The topological polar surface area (TPSA) is 108 Å². The number of carboxylic acid groups (broad SMARTS) is 1. The fraction of sp³-hybridized carbons (Fsp3) is 0.433. The zero-order valence-electron chi connectivity index (χ0n) is 23.6. The Morgan fingerprint density at radius 3 is 2.22 bits per heavy atom. The number of nitrogens with one attached hydrogen (secondary N) is 1. The summed E-state index contributed by atoms with van der Waals surface area (Å²) in [4.78, 5) is 45.4. The minimum absolute atomic E-state index is 0.0887. The van der Waals surface area contributed by atoms with Gasteiger partial charge in [-0.15, -0.1) is 22.7 Å². The lowest BCUT2D eigenvalue weighted by molar-refractivity contribution is -0.138. The standard InChI is InChI=1S/C30H37N3O6S2/c1-4-5-10-24(29(36)32(17-22-8-6-13-40-22)18-23-9-7-14-41-23)31-30(37)33(20(2)3)25(16-28(34)35)21-11-12-26-27(15-21)39-19-38-26/h6-9,11-15,20,24-25H,4-5,10,16-19H2,1-3H3,(H,31,37)(H,34,35)/t24-,25-/m0/s1. The molecule has 0 spiro atoms. The molecule has 220 valence electrons. The van der Waals surface area contributed by atoms with E-state index in [1.165, 1.54) is 4.90 Å². The number of rotatable bonds is 14. The largest absolute Gasteiger partial charge is 0.481 e. The number of aliphatic carboxylic acids is 1. The van der Waals surface area contributed by atoms with E-state index in [-0.39, 0.29) is 25.2 Å². The predicted molar refractivity (Wildman–Crippen MR) is 159 cm³/mol. The number of hydrogen-bond acceptors (Lipinski definition) is 7. The molecule has 0 aliphatic carbocycles. The molecule has 1 aromatic carbocycles. The Labute approximate surface area is 248 Å². The zero-order chi connectivity index (χ0) is 29.4. The molecule has 0 saturated heterocycles. The van der Waals surface area contributed by atoms with Crippen molar-refractivity contribution in [1.82, 2.24) is 15.1 Å². The van der Waals surface area contributed by atoms with Gasteiger partial charge in [-0.1, -0.05) is 38.0 Å². The van der Waals surface area contributed by atoms with Crippen molar-refractivity contribution in [2.24, 2.45) is 0 Å². The second-order valence-electron chi connectivity index (χ2n) is 10.2. The van der Waals surface area contributed by atoms with Crippen molar-refractivity contribution in [3.63, 3.8) is 0 Å². The number of hydrogen-bond donors (Lipinski definition) is 2. The highest BCUT2D eigenvalue weighted by atomic mass is 32.1. The van der Waals surface area contributed by atoms with Crippen LogP contribution in [0.2, 0.25) is 0 Å². The molecule has 3 heterocycles. The van der Waals surface area contributed by atoms with Crippen LogP contribution in [0, 0.1) is 0 Å². The van der Waals surface area contributed by atoms with E-state index in [1.807, 2.05) is 55.8 Å². The van der Waals surface area contributed by atoms with Gasteiger partial charge in [0, 0.05) is 15.8 Å². The predicted octanol–water partition coefficient (Wildman–Crippen LogP) is 6.26. The molecular weight excluding hydrogens is 562 g/mol. The lowest BCUT2D eigenvalue weighted by Gasteiger charge is -2.36.